The number of hydrogen-bond donors (Lipinski definition) is 1. The first-order chi connectivity index (χ1) is 13.1. The standard InChI is InChI=1S/C20H19NO5S/c1-2-25-20(24)18-13(15-4-3-6-26-15)8-14-17(19(18)23)12(9-16(22)21-14)11-5-7-27-10-11/h3-7,10,12-13,18H,2,8-9H2,1H3,(H,21,22)/t12-,13-,18+/m1/s1. The Morgan fingerprint density at radius 1 is 1.33 bits per heavy atom. The van der Waals surface area contributed by atoms with Crippen LogP contribution in [0.5, 0.6) is 0 Å². The van der Waals surface area contributed by atoms with Crippen molar-refractivity contribution in [3.05, 3.63) is 57.8 Å². The Bertz CT molecular complexity index is 897. The van der Waals surface area contributed by atoms with Gasteiger partial charge in [0, 0.05) is 29.5 Å². The van der Waals surface area contributed by atoms with Crippen LogP contribution in [0.1, 0.15) is 42.9 Å². The van der Waals surface area contributed by atoms with Gasteiger partial charge >= 0.3 is 5.97 Å². The number of ether oxygens (including phenoxy) is 1. The van der Waals surface area contributed by atoms with E-state index in [2.05, 4.69) is 5.32 Å². The predicted molar refractivity (Wildman–Crippen MR) is 98.0 cm³/mol. The summed E-state index contributed by atoms with van der Waals surface area (Å²) in [4.78, 5) is 38.4. The molecule has 140 valence electrons. The van der Waals surface area contributed by atoms with Crippen LogP contribution >= 0.6 is 11.3 Å². The summed E-state index contributed by atoms with van der Waals surface area (Å²) >= 11 is 1.52. The third kappa shape index (κ3) is 3.12. The van der Waals surface area contributed by atoms with Gasteiger partial charge in [-0.15, -0.1) is 0 Å². The molecule has 3 atom stereocenters. The quantitative estimate of drug-likeness (QED) is 0.646. The van der Waals surface area contributed by atoms with Crippen LogP contribution in [0.3, 0.4) is 0 Å². The molecule has 2 aromatic heterocycles. The highest BCUT2D eigenvalue weighted by Crippen LogP contribution is 2.46. The van der Waals surface area contributed by atoms with E-state index in [0.29, 0.717) is 23.5 Å². The number of Topliss-reactive ketones (excluding diaryl/α,β-unsaturated/α-hetero) is 1. The lowest BCUT2D eigenvalue weighted by atomic mass is 9.69. The summed E-state index contributed by atoms with van der Waals surface area (Å²) in [6.45, 7) is 1.91. The Morgan fingerprint density at radius 2 is 2.19 bits per heavy atom. The Balaban J connectivity index is 1.80. The van der Waals surface area contributed by atoms with E-state index in [9.17, 15) is 14.4 Å². The van der Waals surface area contributed by atoms with E-state index in [-0.39, 0.29) is 30.6 Å². The molecule has 1 N–H and O–H groups in total. The Kier molecular flexibility index (Phi) is 4.70. The van der Waals surface area contributed by atoms with Crippen molar-refractivity contribution in [3.8, 4) is 0 Å². The van der Waals surface area contributed by atoms with Crippen molar-refractivity contribution in [3.63, 3.8) is 0 Å². The number of amides is 1. The maximum atomic E-state index is 13.4. The number of rotatable bonds is 4. The molecule has 0 bridgehead atoms. The average Bonchev–Trinajstić information content (AvgIpc) is 3.34. The largest absolute Gasteiger partial charge is 0.469 e. The van der Waals surface area contributed by atoms with Gasteiger partial charge in [-0.05, 0) is 47.9 Å². The van der Waals surface area contributed by atoms with Gasteiger partial charge in [0.1, 0.15) is 11.7 Å². The third-order valence-electron chi connectivity index (χ3n) is 5.12. The molecule has 1 aliphatic heterocycles. The molecule has 27 heavy (non-hydrogen) atoms. The topological polar surface area (TPSA) is 85.6 Å². The molecule has 6 nitrogen and oxygen atoms in total. The lowest BCUT2D eigenvalue weighted by molar-refractivity contribution is -0.152. The monoisotopic (exact) mass is 385 g/mol. The molecule has 7 heteroatoms. The molecular formula is C20H19NO5S. The first-order valence-corrected chi connectivity index (χ1v) is 9.83. The molecule has 0 fully saturated rings. The van der Waals surface area contributed by atoms with Crippen molar-refractivity contribution in [2.45, 2.75) is 31.6 Å². The zero-order chi connectivity index (χ0) is 19.0. The highest BCUT2D eigenvalue weighted by Gasteiger charge is 2.48. The Morgan fingerprint density at radius 3 is 2.85 bits per heavy atom. The number of ketones is 1. The SMILES string of the molecule is CCOC(=O)[C@@H]1C(=O)C2=C(C[C@@H]1c1ccco1)NC(=O)C[C@@H]2c1ccsc1. The molecule has 2 aliphatic rings. The van der Waals surface area contributed by atoms with Crippen LogP contribution in [0.25, 0.3) is 0 Å². The molecule has 0 unspecified atom stereocenters. The summed E-state index contributed by atoms with van der Waals surface area (Å²) in [6.07, 6.45) is 2.06. The molecule has 3 heterocycles. The first kappa shape index (κ1) is 17.7. The van der Waals surface area contributed by atoms with E-state index in [4.69, 9.17) is 9.15 Å². The molecular weight excluding hydrogens is 366 g/mol. The summed E-state index contributed by atoms with van der Waals surface area (Å²) < 4.78 is 10.7. The Labute approximate surface area is 160 Å². The van der Waals surface area contributed by atoms with Gasteiger partial charge in [-0.1, -0.05) is 0 Å². The first-order valence-electron chi connectivity index (χ1n) is 8.89. The molecule has 2 aromatic rings. The minimum absolute atomic E-state index is 0.120. The van der Waals surface area contributed by atoms with Crippen molar-refractivity contribution in [1.82, 2.24) is 5.32 Å². The molecule has 0 saturated carbocycles. The van der Waals surface area contributed by atoms with E-state index in [1.165, 1.54) is 17.6 Å². The third-order valence-corrected chi connectivity index (χ3v) is 5.82. The summed E-state index contributed by atoms with van der Waals surface area (Å²) in [7, 11) is 0. The predicted octanol–water partition coefficient (Wildman–Crippen LogP) is 3.13. The van der Waals surface area contributed by atoms with Crippen LogP contribution in [0.4, 0.5) is 0 Å². The highest BCUT2D eigenvalue weighted by atomic mass is 32.1. The number of hydrogen-bond acceptors (Lipinski definition) is 6. The number of carbonyl (C=O) groups is 3. The van der Waals surface area contributed by atoms with E-state index < -0.39 is 17.8 Å². The van der Waals surface area contributed by atoms with Gasteiger partial charge < -0.3 is 14.5 Å². The maximum absolute atomic E-state index is 13.4. The number of allylic oxidation sites excluding steroid dienone is 2. The maximum Gasteiger partial charge on any atom is 0.317 e. The van der Waals surface area contributed by atoms with Crippen molar-refractivity contribution >= 4 is 29.0 Å². The zero-order valence-corrected chi connectivity index (χ0v) is 15.6. The van der Waals surface area contributed by atoms with Crippen molar-refractivity contribution in [2.24, 2.45) is 5.92 Å². The number of esters is 1. The lowest BCUT2D eigenvalue weighted by Crippen LogP contribution is -2.44. The molecule has 4 rings (SSSR count). The van der Waals surface area contributed by atoms with Crippen LogP contribution in [0, 0.1) is 5.92 Å². The van der Waals surface area contributed by atoms with E-state index in [1.807, 2.05) is 16.8 Å². The highest BCUT2D eigenvalue weighted by molar-refractivity contribution is 7.08. The van der Waals surface area contributed by atoms with Gasteiger partial charge in [-0.2, -0.15) is 11.3 Å². The van der Waals surface area contributed by atoms with Crippen molar-refractivity contribution < 1.29 is 23.5 Å². The molecule has 1 amide bonds. The fourth-order valence-electron chi connectivity index (χ4n) is 3.98. The molecule has 0 saturated heterocycles. The van der Waals surface area contributed by atoms with Crippen LogP contribution in [0.15, 0.2) is 50.9 Å². The van der Waals surface area contributed by atoms with Crippen LogP contribution < -0.4 is 5.32 Å². The van der Waals surface area contributed by atoms with Gasteiger partial charge in [0.25, 0.3) is 0 Å². The normalized spacial score (nSPS) is 25.1. The van der Waals surface area contributed by atoms with Crippen LogP contribution in [-0.4, -0.2) is 24.3 Å². The summed E-state index contributed by atoms with van der Waals surface area (Å²) in [5.41, 5.74) is 2.04. The summed E-state index contributed by atoms with van der Waals surface area (Å²) in [5, 5.41) is 6.72. The zero-order valence-electron chi connectivity index (χ0n) is 14.8. The molecule has 1 aliphatic carbocycles. The number of nitrogens with one attached hydrogen (secondary N) is 1. The minimum Gasteiger partial charge on any atom is -0.469 e. The fraction of sp³-hybridized carbons (Fsp3) is 0.350. The van der Waals surface area contributed by atoms with Crippen LogP contribution in [0.2, 0.25) is 0 Å². The molecule has 0 spiro atoms. The Hall–Kier alpha value is -2.67. The van der Waals surface area contributed by atoms with E-state index in [0.717, 1.165) is 5.56 Å². The van der Waals surface area contributed by atoms with Crippen molar-refractivity contribution in [2.75, 3.05) is 6.61 Å². The second-order valence-electron chi connectivity index (χ2n) is 6.67. The molecule has 0 radical (unpaired) electrons. The van der Waals surface area contributed by atoms with Gasteiger partial charge in [0.15, 0.2) is 5.78 Å². The summed E-state index contributed by atoms with van der Waals surface area (Å²) in [6, 6.07) is 5.39. The van der Waals surface area contributed by atoms with Crippen LogP contribution in [-0.2, 0) is 19.1 Å². The fourth-order valence-corrected chi connectivity index (χ4v) is 4.70. The van der Waals surface area contributed by atoms with Gasteiger partial charge in [-0.3, -0.25) is 14.4 Å². The van der Waals surface area contributed by atoms with E-state index >= 15 is 0 Å². The number of furan rings is 1. The number of thiophene rings is 1. The lowest BCUT2D eigenvalue weighted by Gasteiger charge is -2.36. The number of carbonyl (C=O) groups excluding carboxylic acids is 3. The summed E-state index contributed by atoms with van der Waals surface area (Å²) in [5.74, 6) is -2.20. The smallest absolute Gasteiger partial charge is 0.317 e. The minimum atomic E-state index is -0.967. The molecule has 0 aromatic carbocycles. The van der Waals surface area contributed by atoms with Gasteiger partial charge in [-0.25, -0.2) is 0 Å². The average molecular weight is 385 g/mol. The van der Waals surface area contributed by atoms with Crippen molar-refractivity contribution in [1.29, 1.82) is 0 Å². The van der Waals surface area contributed by atoms with E-state index in [1.54, 1.807) is 19.1 Å². The second kappa shape index (κ2) is 7.15. The van der Waals surface area contributed by atoms with Gasteiger partial charge in [0.2, 0.25) is 5.91 Å². The second-order valence-corrected chi connectivity index (χ2v) is 7.45. The van der Waals surface area contributed by atoms with Gasteiger partial charge in [0.05, 0.1) is 12.9 Å².